The number of aromatic nitrogens is 1. The number of hydrogen-bond acceptors (Lipinski definition) is 4. The Morgan fingerprint density at radius 3 is 2.52 bits per heavy atom. The predicted molar refractivity (Wildman–Crippen MR) is 97.3 cm³/mol. The van der Waals surface area contributed by atoms with Gasteiger partial charge in [-0.25, -0.2) is 4.98 Å². The third-order valence-electron chi connectivity index (χ3n) is 7.11. The van der Waals surface area contributed by atoms with Crippen molar-refractivity contribution in [1.29, 1.82) is 5.26 Å². The number of pyridine rings is 1. The van der Waals surface area contributed by atoms with Gasteiger partial charge in [0.2, 0.25) is 0 Å². The van der Waals surface area contributed by atoms with Gasteiger partial charge in [0.15, 0.2) is 0 Å². The predicted octanol–water partition coefficient (Wildman–Crippen LogP) is 4.32. The molecule has 6 rings (SSSR count). The van der Waals surface area contributed by atoms with E-state index < -0.39 is 0 Å². The van der Waals surface area contributed by atoms with Crippen molar-refractivity contribution in [3.63, 3.8) is 0 Å². The highest BCUT2D eigenvalue weighted by Gasteiger charge is 2.54. The molecule has 1 heterocycles. The third kappa shape index (κ3) is 2.63. The van der Waals surface area contributed by atoms with E-state index in [0.29, 0.717) is 17.1 Å². The number of fused-ring (bicyclic) bond motifs is 1. The molecular weight excluding hydrogens is 328 g/mol. The zero-order chi connectivity index (χ0) is 17.0. The first-order valence-electron chi connectivity index (χ1n) is 9.74. The second-order valence-corrected chi connectivity index (χ2v) is 9.79. The molecule has 5 aliphatic rings. The van der Waals surface area contributed by atoms with Crippen LogP contribution in [0, 0.1) is 34.5 Å². The van der Waals surface area contributed by atoms with Crippen molar-refractivity contribution in [2.75, 3.05) is 5.75 Å². The molecule has 0 saturated heterocycles. The number of Topliss-reactive ketones (excluding diaryl/α,β-unsaturated/α-hetero) is 1. The number of rotatable bonds is 4. The fourth-order valence-corrected chi connectivity index (χ4v) is 7.39. The van der Waals surface area contributed by atoms with E-state index in [2.05, 4.69) is 6.07 Å². The molecule has 0 unspecified atom stereocenters. The van der Waals surface area contributed by atoms with Crippen LogP contribution in [0.3, 0.4) is 0 Å². The average Bonchev–Trinajstić information content (AvgIpc) is 3.04. The highest BCUT2D eigenvalue weighted by molar-refractivity contribution is 8.00. The molecule has 1 aromatic heterocycles. The number of ketones is 1. The molecule has 4 saturated carbocycles. The minimum absolute atomic E-state index is 0.0364. The summed E-state index contributed by atoms with van der Waals surface area (Å²) in [4.78, 5) is 17.9. The quantitative estimate of drug-likeness (QED) is 0.757. The summed E-state index contributed by atoms with van der Waals surface area (Å²) in [5, 5.41) is 10.2. The van der Waals surface area contributed by atoms with Crippen LogP contribution >= 0.6 is 11.8 Å². The lowest BCUT2D eigenvalue weighted by Gasteiger charge is -2.56. The molecule has 0 radical (unpaired) electrons. The Morgan fingerprint density at radius 2 is 1.88 bits per heavy atom. The molecule has 3 nitrogen and oxygen atoms in total. The fraction of sp³-hybridized carbons (Fsp3) is 0.667. The third-order valence-corrected chi connectivity index (χ3v) is 8.10. The van der Waals surface area contributed by atoms with Crippen LogP contribution in [-0.4, -0.2) is 16.5 Å². The van der Waals surface area contributed by atoms with Gasteiger partial charge in [0.05, 0.1) is 11.3 Å². The van der Waals surface area contributed by atoms with Crippen LogP contribution in [0.15, 0.2) is 11.1 Å². The summed E-state index contributed by atoms with van der Waals surface area (Å²) < 4.78 is 0. The van der Waals surface area contributed by atoms with Gasteiger partial charge in [-0.3, -0.25) is 4.79 Å². The van der Waals surface area contributed by atoms with E-state index >= 15 is 0 Å². The molecule has 5 aliphatic carbocycles. The monoisotopic (exact) mass is 352 g/mol. The van der Waals surface area contributed by atoms with Gasteiger partial charge in [-0.2, -0.15) is 5.26 Å². The first-order valence-corrected chi connectivity index (χ1v) is 10.7. The maximum absolute atomic E-state index is 13.2. The normalized spacial score (nSPS) is 34.8. The Hall–Kier alpha value is -1.34. The molecule has 0 aromatic carbocycles. The summed E-state index contributed by atoms with van der Waals surface area (Å²) in [5.41, 5.74) is 2.99. The van der Waals surface area contributed by atoms with Crippen molar-refractivity contribution in [1.82, 2.24) is 4.98 Å². The van der Waals surface area contributed by atoms with Gasteiger partial charge in [0.25, 0.3) is 0 Å². The summed E-state index contributed by atoms with van der Waals surface area (Å²) in [6.45, 7) is 0. The zero-order valence-corrected chi connectivity index (χ0v) is 15.4. The van der Waals surface area contributed by atoms with Gasteiger partial charge >= 0.3 is 0 Å². The van der Waals surface area contributed by atoms with Gasteiger partial charge in [-0.15, -0.1) is 0 Å². The smallest absolute Gasteiger partial charge is 0.149 e. The van der Waals surface area contributed by atoms with Crippen molar-refractivity contribution < 1.29 is 4.79 Å². The highest BCUT2D eigenvalue weighted by Crippen LogP contribution is 2.60. The molecule has 0 N–H and O–H groups in total. The second-order valence-electron chi connectivity index (χ2n) is 8.82. The molecule has 4 heteroatoms. The lowest BCUT2D eigenvalue weighted by atomic mass is 9.48. The van der Waals surface area contributed by atoms with Crippen LogP contribution in [0.1, 0.15) is 61.8 Å². The van der Waals surface area contributed by atoms with Crippen LogP contribution in [-0.2, 0) is 17.6 Å². The Balaban J connectivity index is 1.34. The summed E-state index contributed by atoms with van der Waals surface area (Å²) >= 11 is 1.51. The summed E-state index contributed by atoms with van der Waals surface area (Å²) in [7, 11) is 0. The number of carbonyl (C=O) groups is 1. The van der Waals surface area contributed by atoms with E-state index in [-0.39, 0.29) is 5.41 Å². The Morgan fingerprint density at radius 1 is 1.20 bits per heavy atom. The van der Waals surface area contributed by atoms with Crippen molar-refractivity contribution in [3.8, 4) is 6.07 Å². The average molecular weight is 353 g/mol. The topological polar surface area (TPSA) is 53.8 Å². The molecule has 0 amide bonds. The van der Waals surface area contributed by atoms with Gasteiger partial charge < -0.3 is 0 Å². The lowest BCUT2D eigenvalue weighted by Crippen LogP contribution is -2.50. The molecule has 0 aliphatic heterocycles. The van der Waals surface area contributed by atoms with Crippen LogP contribution in [0.25, 0.3) is 0 Å². The van der Waals surface area contributed by atoms with E-state index in [1.165, 1.54) is 36.6 Å². The first kappa shape index (κ1) is 15.9. The lowest BCUT2D eigenvalue weighted by molar-refractivity contribution is -0.141. The number of thioether (sulfide) groups is 1. The molecule has 25 heavy (non-hydrogen) atoms. The van der Waals surface area contributed by atoms with E-state index in [0.717, 1.165) is 67.0 Å². The van der Waals surface area contributed by atoms with Gasteiger partial charge in [-0.1, -0.05) is 11.8 Å². The van der Waals surface area contributed by atoms with Crippen LogP contribution in [0.2, 0.25) is 0 Å². The molecule has 4 fully saturated rings. The van der Waals surface area contributed by atoms with Crippen molar-refractivity contribution in [2.24, 2.45) is 23.2 Å². The molecule has 4 bridgehead atoms. The Kier molecular flexibility index (Phi) is 3.71. The van der Waals surface area contributed by atoms with Gasteiger partial charge in [-0.05, 0) is 87.2 Å². The molecular formula is C21H24N2OS. The highest BCUT2D eigenvalue weighted by atomic mass is 32.2. The largest absolute Gasteiger partial charge is 0.298 e. The van der Waals surface area contributed by atoms with Crippen molar-refractivity contribution >= 4 is 17.5 Å². The van der Waals surface area contributed by atoms with E-state index in [4.69, 9.17) is 4.98 Å². The minimum Gasteiger partial charge on any atom is -0.298 e. The fourth-order valence-electron chi connectivity index (χ4n) is 6.38. The van der Waals surface area contributed by atoms with Crippen LogP contribution in [0.4, 0.5) is 0 Å². The van der Waals surface area contributed by atoms with Crippen molar-refractivity contribution in [3.05, 3.63) is 22.9 Å². The molecule has 1 aromatic rings. The summed E-state index contributed by atoms with van der Waals surface area (Å²) in [5.74, 6) is 3.32. The Bertz CT molecular complexity index is 744. The maximum atomic E-state index is 13.2. The Labute approximate surface area is 153 Å². The molecule has 130 valence electrons. The number of hydrogen-bond donors (Lipinski definition) is 0. The number of aryl methyl sites for hydroxylation is 2. The number of nitrogens with zero attached hydrogens (tertiary/aromatic N) is 2. The second kappa shape index (κ2) is 5.84. The van der Waals surface area contributed by atoms with Gasteiger partial charge in [0, 0.05) is 11.1 Å². The van der Waals surface area contributed by atoms with Gasteiger partial charge in [0.1, 0.15) is 16.9 Å². The summed E-state index contributed by atoms with van der Waals surface area (Å²) in [6, 6.07) is 4.30. The number of nitriles is 1. The zero-order valence-electron chi connectivity index (χ0n) is 14.6. The van der Waals surface area contributed by atoms with Crippen LogP contribution in [0.5, 0.6) is 0 Å². The molecule has 0 atom stereocenters. The van der Waals surface area contributed by atoms with Crippen molar-refractivity contribution in [2.45, 2.75) is 62.8 Å². The standard InChI is InChI=1S/C21H24N2OS/c22-11-17-7-16-2-1-3-18(16)23-20(17)25-12-19(24)21-8-13-4-14(9-21)6-15(5-13)10-21/h7,13-15H,1-6,8-10,12H2. The number of carbonyl (C=O) groups excluding carboxylic acids is 1. The minimum atomic E-state index is -0.0364. The van der Waals surface area contributed by atoms with Crippen LogP contribution < -0.4 is 0 Å². The van der Waals surface area contributed by atoms with E-state index in [9.17, 15) is 10.1 Å². The summed E-state index contributed by atoms with van der Waals surface area (Å²) in [6.07, 6.45) is 10.7. The maximum Gasteiger partial charge on any atom is 0.149 e. The van der Waals surface area contributed by atoms with E-state index in [1.807, 2.05) is 6.07 Å². The molecule has 0 spiro atoms. The first-order chi connectivity index (χ1) is 12.1. The SMILES string of the molecule is N#Cc1cc2c(nc1SCC(=O)C13CC4CC(CC(C4)C1)C3)CCC2. The van der Waals surface area contributed by atoms with E-state index in [1.54, 1.807) is 0 Å².